The molecule has 0 bridgehead atoms. The van der Waals surface area contributed by atoms with E-state index in [4.69, 9.17) is 14.2 Å². The van der Waals surface area contributed by atoms with Crippen molar-refractivity contribution in [2.45, 2.75) is 32.6 Å². The third-order valence-corrected chi connectivity index (χ3v) is 5.17. The number of amides is 2. The summed E-state index contributed by atoms with van der Waals surface area (Å²) in [6.45, 7) is 1.90. The predicted octanol–water partition coefficient (Wildman–Crippen LogP) is 5.34. The Bertz CT molecular complexity index is 1210. The van der Waals surface area contributed by atoms with E-state index in [-0.39, 0.29) is 12.8 Å². The molecule has 0 aliphatic heterocycles. The van der Waals surface area contributed by atoms with E-state index in [1.165, 1.54) is 0 Å². The molecule has 198 valence electrons. The second-order valence-corrected chi connectivity index (χ2v) is 8.26. The highest BCUT2D eigenvalue weighted by atomic mass is 16.5. The molecule has 0 saturated carbocycles. The normalized spacial score (nSPS) is 10.2. The van der Waals surface area contributed by atoms with Crippen molar-refractivity contribution in [3.8, 4) is 11.5 Å². The van der Waals surface area contributed by atoms with Crippen LogP contribution in [0.1, 0.15) is 43.0 Å². The highest BCUT2D eigenvalue weighted by molar-refractivity contribution is 5.95. The maximum atomic E-state index is 12.1. The van der Waals surface area contributed by atoms with Crippen LogP contribution >= 0.6 is 0 Å². The zero-order chi connectivity index (χ0) is 27.2. The van der Waals surface area contributed by atoms with Crippen LogP contribution in [-0.2, 0) is 23.9 Å². The summed E-state index contributed by atoms with van der Waals surface area (Å²) in [6.07, 6.45) is 1.42. The topological polar surface area (TPSA) is 120 Å². The number of para-hydroxylation sites is 1. The molecule has 0 radical (unpaired) electrons. The number of carbonyl (C=O) groups excluding carboxylic acids is 4. The smallest absolute Gasteiger partial charge is 0.338 e. The first-order valence-corrected chi connectivity index (χ1v) is 12.3. The first kappa shape index (κ1) is 27.9. The molecule has 0 unspecified atom stereocenters. The SMILES string of the molecule is CCCCOC(=O)c1ccc(NC(=O)CCC(=O)OCC(=O)Nc2ccc(Oc3ccccc3)cc2)cc1. The number of rotatable bonds is 13. The molecular formula is C29H30N2O7. The van der Waals surface area contributed by atoms with Gasteiger partial charge in [-0.15, -0.1) is 0 Å². The van der Waals surface area contributed by atoms with Crippen LogP contribution in [0.25, 0.3) is 0 Å². The fraction of sp³-hybridized carbons (Fsp3) is 0.241. The molecule has 2 amide bonds. The lowest BCUT2D eigenvalue weighted by molar-refractivity contribution is -0.147. The van der Waals surface area contributed by atoms with Gasteiger partial charge in [0.25, 0.3) is 5.91 Å². The molecule has 3 aromatic rings. The van der Waals surface area contributed by atoms with Crippen LogP contribution in [0.15, 0.2) is 78.9 Å². The van der Waals surface area contributed by atoms with Crippen LogP contribution in [0.3, 0.4) is 0 Å². The maximum Gasteiger partial charge on any atom is 0.338 e. The van der Waals surface area contributed by atoms with E-state index in [0.29, 0.717) is 35.0 Å². The minimum Gasteiger partial charge on any atom is -0.462 e. The van der Waals surface area contributed by atoms with E-state index in [1.54, 1.807) is 48.5 Å². The number of esters is 2. The molecule has 2 N–H and O–H groups in total. The number of hydrogen-bond acceptors (Lipinski definition) is 7. The average molecular weight is 519 g/mol. The molecule has 0 atom stereocenters. The first-order valence-electron chi connectivity index (χ1n) is 12.3. The number of unbranched alkanes of at least 4 members (excludes halogenated alkanes) is 1. The monoisotopic (exact) mass is 518 g/mol. The van der Waals surface area contributed by atoms with Gasteiger partial charge in [-0.2, -0.15) is 0 Å². The van der Waals surface area contributed by atoms with Gasteiger partial charge in [-0.25, -0.2) is 4.79 Å². The lowest BCUT2D eigenvalue weighted by Crippen LogP contribution is -2.21. The summed E-state index contributed by atoms with van der Waals surface area (Å²) in [7, 11) is 0. The molecule has 9 nitrogen and oxygen atoms in total. The van der Waals surface area contributed by atoms with E-state index in [2.05, 4.69) is 10.6 Å². The minimum atomic E-state index is -0.674. The van der Waals surface area contributed by atoms with Crippen molar-refractivity contribution in [2.24, 2.45) is 0 Å². The highest BCUT2D eigenvalue weighted by Crippen LogP contribution is 2.22. The van der Waals surface area contributed by atoms with Gasteiger partial charge in [0.2, 0.25) is 5.91 Å². The standard InChI is InChI=1S/C29H30N2O7/c1-2-3-19-36-29(35)21-9-11-22(12-10-21)30-26(32)17-18-28(34)37-20-27(33)31-23-13-15-25(16-14-23)38-24-7-5-4-6-8-24/h4-16H,2-3,17-20H2,1H3,(H,30,32)(H,31,33). The Balaban J connectivity index is 1.33. The highest BCUT2D eigenvalue weighted by Gasteiger charge is 2.12. The molecule has 3 aromatic carbocycles. The summed E-state index contributed by atoms with van der Waals surface area (Å²) in [5.41, 5.74) is 1.39. The van der Waals surface area contributed by atoms with E-state index in [1.807, 2.05) is 37.3 Å². The van der Waals surface area contributed by atoms with Crippen molar-refractivity contribution in [1.82, 2.24) is 0 Å². The van der Waals surface area contributed by atoms with Crippen molar-refractivity contribution >= 4 is 35.1 Å². The van der Waals surface area contributed by atoms with Gasteiger partial charge in [0.15, 0.2) is 6.61 Å². The Morgan fingerprint density at radius 2 is 1.29 bits per heavy atom. The molecule has 9 heteroatoms. The number of anilines is 2. The van der Waals surface area contributed by atoms with Gasteiger partial charge < -0.3 is 24.8 Å². The van der Waals surface area contributed by atoms with Crippen LogP contribution in [0.5, 0.6) is 11.5 Å². The zero-order valence-electron chi connectivity index (χ0n) is 21.1. The van der Waals surface area contributed by atoms with Gasteiger partial charge in [-0.3, -0.25) is 14.4 Å². The first-order chi connectivity index (χ1) is 18.4. The van der Waals surface area contributed by atoms with Crippen LogP contribution in [0.4, 0.5) is 11.4 Å². The molecule has 0 spiro atoms. The number of nitrogens with one attached hydrogen (secondary N) is 2. The zero-order valence-corrected chi connectivity index (χ0v) is 21.1. The summed E-state index contributed by atoms with van der Waals surface area (Å²) in [6, 6.07) is 22.3. The van der Waals surface area contributed by atoms with E-state index < -0.39 is 30.4 Å². The van der Waals surface area contributed by atoms with Crippen molar-refractivity contribution < 1.29 is 33.4 Å². The summed E-state index contributed by atoms with van der Waals surface area (Å²) >= 11 is 0. The Morgan fingerprint density at radius 3 is 1.95 bits per heavy atom. The number of ether oxygens (including phenoxy) is 3. The number of benzene rings is 3. The summed E-state index contributed by atoms with van der Waals surface area (Å²) in [4.78, 5) is 48.1. The maximum absolute atomic E-state index is 12.1. The van der Waals surface area contributed by atoms with E-state index in [9.17, 15) is 19.2 Å². The largest absolute Gasteiger partial charge is 0.462 e. The molecule has 0 saturated heterocycles. The van der Waals surface area contributed by atoms with Crippen LogP contribution in [0.2, 0.25) is 0 Å². The number of carbonyl (C=O) groups is 4. The minimum absolute atomic E-state index is 0.121. The Labute approximate surface area is 221 Å². The molecule has 0 fully saturated rings. The summed E-state index contributed by atoms with van der Waals surface area (Å²) in [5.74, 6) is -0.693. The molecule has 0 aliphatic carbocycles. The predicted molar refractivity (Wildman–Crippen MR) is 142 cm³/mol. The van der Waals surface area contributed by atoms with Crippen molar-refractivity contribution in [3.63, 3.8) is 0 Å². The molecule has 0 aromatic heterocycles. The molecule has 0 heterocycles. The Hall–Kier alpha value is -4.66. The van der Waals surface area contributed by atoms with Crippen molar-refractivity contribution in [1.29, 1.82) is 0 Å². The second kappa shape index (κ2) is 14.8. The van der Waals surface area contributed by atoms with Gasteiger partial charge in [0.05, 0.1) is 18.6 Å². The van der Waals surface area contributed by atoms with Gasteiger partial charge in [-0.05, 0) is 67.1 Å². The second-order valence-electron chi connectivity index (χ2n) is 8.26. The molecule has 0 aliphatic rings. The number of hydrogen-bond donors (Lipinski definition) is 2. The van der Waals surface area contributed by atoms with Crippen LogP contribution < -0.4 is 15.4 Å². The molecular weight excluding hydrogens is 488 g/mol. The molecule has 3 rings (SSSR count). The van der Waals surface area contributed by atoms with Crippen molar-refractivity contribution in [2.75, 3.05) is 23.8 Å². The quantitative estimate of drug-likeness (QED) is 0.232. The van der Waals surface area contributed by atoms with Crippen molar-refractivity contribution in [3.05, 3.63) is 84.4 Å². The van der Waals surface area contributed by atoms with Crippen LogP contribution in [0, 0.1) is 0 Å². The Kier molecular flexibility index (Phi) is 10.9. The Morgan fingerprint density at radius 1 is 0.684 bits per heavy atom. The fourth-order valence-corrected chi connectivity index (χ4v) is 3.17. The van der Waals surface area contributed by atoms with E-state index >= 15 is 0 Å². The summed E-state index contributed by atoms with van der Waals surface area (Å²) in [5, 5.41) is 5.27. The van der Waals surface area contributed by atoms with E-state index in [0.717, 1.165) is 12.8 Å². The molecule has 38 heavy (non-hydrogen) atoms. The third kappa shape index (κ3) is 9.77. The van der Waals surface area contributed by atoms with Gasteiger partial charge >= 0.3 is 11.9 Å². The summed E-state index contributed by atoms with van der Waals surface area (Å²) < 4.78 is 15.8. The third-order valence-electron chi connectivity index (χ3n) is 5.17. The fourth-order valence-electron chi connectivity index (χ4n) is 3.17. The average Bonchev–Trinajstić information content (AvgIpc) is 2.93. The lowest BCUT2D eigenvalue weighted by atomic mass is 10.2. The van der Waals surface area contributed by atoms with Crippen LogP contribution in [-0.4, -0.2) is 37.0 Å². The lowest BCUT2D eigenvalue weighted by Gasteiger charge is -2.09. The van der Waals surface area contributed by atoms with Gasteiger partial charge in [0.1, 0.15) is 11.5 Å². The van der Waals surface area contributed by atoms with Gasteiger partial charge in [-0.1, -0.05) is 31.5 Å². The van der Waals surface area contributed by atoms with Gasteiger partial charge in [0, 0.05) is 17.8 Å².